The summed E-state index contributed by atoms with van der Waals surface area (Å²) in [5, 5.41) is 49.4. The van der Waals surface area contributed by atoms with Crippen molar-refractivity contribution < 1.29 is 44.6 Å². The molecule has 0 atom stereocenters. The van der Waals surface area contributed by atoms with E-state index in [0.29, 0.717) is 0 Å². The van der Waals surface area contributed by atoms with Crippen LogP contribution in [-0.4, -0.2) is 12.7 Å². The lowest BCUT2D eigenvalue weighted by Gasteiger charge is -2.23. The van der Waals surface area contributed by atoms with Crippen molar-refractivity contribution in [3.63, 3.8) is 0 Å². The Morgan fingerprint density at radius 3 is 1.42 bits per heavy atom. The fourth-order valence-corrected chi connectivity index (χ4v) is 5.65. The third-order valence-corrected chi connectivity index (χ3v) is 7.24. The zero-order valence-corrected chi connectivity index (χ0v) is 24.1. The van der Waals surface area contributed by atoms with Crippen molar-refractivity contribution in [2.24, 2.45) is 0 Å². The van der Waals surface area contributed by atoms with Crippen LogP contribution in [0.3, 0.4) is 0 Å². The number of fused-ring (bicyclic) bond motifs is 2. The first-order valence-corrected chi connectivity index (χ1v) is 13.3. The van der Waals surface area contributed by atoms with Gasteiger partial charge in [0.25, 0.3) is 0 Å². The molecule has 0 radical (unpaired) electrons. The molecule has 0 bridgehead atoms. The highest BCUT2D eigenvalue weighted by atomic mass is 19.4. The fourth-order valence-electron chi connectivity index (χ4n) is 5.65. The van der Waals surface area contributed by atoms with Gasteiger partial charge in [-0.05, 0) is 52.1 Å². The third kappa shape index (κ3) is 5.60. The van der Waals surface area contributed by atoms with Crippen LogP contribution in [0.5, 0.6) is 11.5 Å². The first-order chi connectivity index (χ1) is 23.6. The van der Waals surface area contributed by atoms with Crippen LogP contribution in [0.2, 0.25) is 0 Å². The van der Waals surface area contributed by atoms with Crippen molar-refractivity contribution in [1.82, 2.24) is 0 Å². The van der Waals surface area contributed by atoms with E-state index in [-0.39, 0.29) is 5.56 Å². The first-order valence-electron chi connectivity index (χ1n) is 13.3. The summed E-state index contributed by atoms with van der Waals surface area (Å²) in [5.41, 5.74) is -10.1. The topological polar surface area (TPSA) is 142 Å². The van der Waals surface area contributed by atoms with E-state index in [0.717, 1.165) is 48.5 Å². The van der Waals surface area contributed by atoms with Gasteiger partial charge in [-0.15, -0.1) is 26.3 Å². The Bertz CT molecular complexity index is 2300. The molecule has 0 fully saturated rings. The number of rotatable bonds is 4. The van der Waals surface area contributed by atoms with Crippen LogP contribution in [-0.2, 0) is 0 Å². The lowest BCUT2D eigenvalue weighted by atomic mass is 9.78. The maximum absolute atomic E-state index is 16.4. The van der Waals surface area contributed by atoms with Crippen molar-refractivity contribution in [2.75, 3.05) is 0 Å². The molecular formula is C34H8F8N6O2. The SMILES string of the molecule is [C-]#[N+]C1=C(F)C(=C(C#N)C#N)c2c1c(-c1cccc(OC(F)(F)F)c1)c1c(c2-c2cccc(OC(F)(F)F)c2)C(=C(C#N)C#N)C(F)=C1C#N. The Hall–Kier alpha value is -7.40. The molecule has 0 saturated heterocycles. The number of nitriles is 5. The Balaban J connectivity index is 2.16. The molecular weight excluding hydrogens is 676 g/mol. The molecule has 2 aliphatic carbocycles. The van der Waals surface area contributed by atoms with Gasteiger partial charge in [0.1, 0.15) is 58.8 Å². The van der Waals surface area contributed by atoms with Gasteiger partial charge in [-0.3, -0.25) is 0 Å². The minimum Gasteiger partial charge on any atom is -0.406 e. The molecule has 3 aromatic carbocycles. The molecule has 0 N–H and O–H groups in total. The predicted molar refractivity (Wildman–Crippen MR) is 155 cm³/mol. The van der Waals surface area contributed by atoms with Gasteiger partial charge in [0.15, 0.2) is 5.83 Å². The van der Waals surface area contributed by atoms with Crippen LogP contribution < -0.4 is 9.47 Å². The average Bonchev–Trinajstić information content (AvgIpc) is 3.49. The molecule has 0 amide bonds. The van der Waals surface area contributed by atoms with Crippen molar-refractivity contribution in [1.29, 1.82) is 26.3 Å². The second-order valence-electron chi connectivity index (χ2n) is 9.92. The minimum absolute atomic E-state index is 0.372. The van der Waals surface area contributed by atoms with E-state index in [1.54, 1.807) is 6.07 Å². The van der Waals surface area contributed by atoms with Crippen LogP contribution in [0.25, 0.3) is 49.5 Å². The van der Waals surface area contributed by atoms with Crippen LogP contribution in [0.15, 0.2) is 71.3 Å². The monoisotopic (exact) mass is 684 g/mol. The van der Waals surface area contributed by atoms with E-state index >= 15 is 8.78 Å². The number of halogens is 8. The zero-order valence-electron chi connectivity index (χ0n) is 24.1. The maximum atomic E-state index is 16.4. The van der Waals surface area contributed by atoms with Crippen molar-refractivity contribution in [2.45, 2.75) is 12.7 Å². The van der Waals surface area contributed by atoms with E-state index in [4.69, 9.17) is 6.57 Å². The predicted octanol–water partition coefficient (Wildman–Crippen LogP) is 9.21. The van der Waals surface area contributed by atoms with Crippen LogP contribution >= 0.6 is 0 Å². The van der Waals surface area contributed by atoms with Gasteiger partial charge in [-0.1, -0.05) is 24.3 Å². The number of benzene rings is 3. The van der Waals surface area contributed by atoms with Crippen molar-refractivity contribution >= 4 is 22.4 Å². The lowest BCUT2D eigenvalue weighted by molar-refractivity contribution is -0.275. The molecule has 2 aliphatic rings. The molecule has 242 valence electrons. The normalized spacial score (nSPS) is 13.2. The molecule has 50 heavy (non-hydrogen) atoms. The van der Waals surface area contributed by atoms with E-state index in [9.17, 15) is 52.7 Å². The number of hydrogen-bond acceptors (Lipinski definition) is 7. The molecule has 3 aromatic rings. The first kappa shape index (κ1) is 33.9. The summed E-state index contributed by atoms with van der Waals surface area (Å²) in [6.45, 7) is 7.81. The molecule has 16 heteroatoms. The van der Waals surface area contributed by atoms with Crippen molar-refractivity contribution in [3.8, 4) is 64.1 Å². The Labute approximate surface area is 275 Å². The second-order valence-corrected chi connectivity index (χ2v) is 9.92. The maximum Gasteiger partial charge on any atom is 0.573 e. The molecule has 0 aromatic heterocycles. The quantitative estimate of drug-likeness (QED) is 0.152. The van der Waals surface area contributed by atoms with Crippen LogP contribution in [0.1, 0.15) is 22.3 Å². The lowest BCUT2D eigenvalue weighted by Crippen LogP contribution is -2.17. The standard InChI is InChI=1S/C34H8F8N6O2/c1-48-32-29-22(15-4-2-6-19(8-15)49-33(37,38)39)26-21(14-47)30(35)24(17(10-43)11-44)27(26)23(28(29)25(31(32)36)18(12-45)13-46)16-5-3-7-20(9-16)50-34(40,41)42/h2-9H. The smallest absolute Gasteiger partial charge is 0.406 e. The zero-order chi connectivity index (χ0) is 36.7. The van der Waals surface area contributed by atoms with Gasteiger partial charge in [0.05, 0.1) is 12.1 Å². The van der Waals surface area contributed by atoms with E-state index in [1.807, 2.05) is 0 Å². The van der Waals surface area contributed by atoms with Gasteiger partial charge in [-0.25, -0.2) is 13.6 Å². The molecule has 8 nitrogen and oxygen atoms in total. The van der Waals surface area contributed by atoms with Gasteiger partial charge in [0.2, 0.25) is 5.70 Å². The van der Waals surface area contributed by atoms with Gasteiger partial charge in [0, 0.05) is 27.8 Å². The Morgan fingerprint density at radius 1 is 0.600 bits per heavy atom. The second kappa shape index (κ2) is 12.3. The minimum atomic E-state index is -5.25. The van der Waals surface area contributed by atoms with E-state index in [1.165, 1.54) is 24.3 Å². The largest absolute Gasteiger partial charge is 0.573 e. The molecule has 0 unspecified atom stereocenters. The highest BCUT2D eigenvalue weighted by molar-refractivity contribution is 6.20. The van der Waals surface area contributed by atoms with Crippen molar-refractivity contribution in [3.05, 3.63) is 105 Å². The number of ether oxygens (including phenoxy) is 2. The number of hydrogen-bond donors (Lipinski definition) is 0. The van der Waals surface area contributed by atoms with Gasteiger partial charge < -0.3 is 9.47 Å². The average molecular weight is 684 g/mol. The molecule has 0 spiro atoms. The molecule has 0 aliphatic heterocycles. The summed E-state index contributed by atoms with van der Waals surface area (Å²) >= 11 is 0. The van der Waals surface area contributed by atoms with Gasteiger partial charge in [-0.2, -0.15) is 26.3 Å². The van der Waals surface area contributed by atoms with E-state index in [2.05, 4.69) is 14.3 Å². The summed E-state index contributed by atoms with van der Waals surface area (Å²) < 4.78 is 120. The van der Waals surface area contributed by atoms with E-state index < -0.39 is 108 Å². The molecule has 5 rings (SSSR count). The summed E-state index contributed by atoms with van der Waals surface area (Å²) in [6.07, 6.45) is -10.5. The fraction of sp³-hybridized carbons (Fsp3) is 0.0588. The number of alkyl halides is 6. The van der Waals surface area contributed by atoms with Gasteiger partial charge >= 0.3 is 12.7 Å². The Morgan fingerprint density at radius 2 is 1.02 bits per heavy atom. The summed E-state index contributed by atoms with van der Waals surface area (Å²) in [4.78, 5) is 3.17. The van der Waals surface area contributed by atoms with Crippen LogP contribution in [0, 0.1) is 63.2 Å². The van der Waals surface area contributed by atoms with Crippen LogP contribution in [0.4, 0.5) is 35.1 Å². The molecule has 0 heterocycles. The third-order valence-electron chi connectivity index (χ3n) is 7.24. The summed E-state index contributed by atoms with van der Waals surface area (Å²) in [5.74, 6) is -4.82. The highest BCUT2D eigenvalue weighted by Gasteiger charge is 2.44. The number of allylic oxidation sites excluding steroid dienone is 7. The Kier molecular flexibility index (Phi) is 8.37. The highest BCUT2D eigenvalue weighted by Crippen LogP contribution is 2.60. The summed E-state index contributed by atoms with van der Waals surface area (Å²) in [6, 6.07) is 14.7. The molecule has 0 saturated carbocycles. The number of nitrogens with zero attached hydrogens (tertiary/aromatic N) is 6. The summed E-state index contributed by atoms with van der Waals surface area (Å²) in [7, 11) is 0.